The molecule has 0 aliphatic carbocycles. The molecule has 1 amide bonds. The first-order valence-electron chi connectivity index (χ1n) is 30.2. The molecule has 0 aromatic heterocycles. The van der Waals surface area contributed by atoms with Gasteiger partial charge < -0.3 is 40.3 Å². The standard InChI is InChI=1S/C59H117NO8/c1-3-5-7-9-11-13-15-17-19-21-23-25-26-27-28-29-30-32-34-36-38-40-42-44-46-48-53(62)52(51-67-59-58(66)57(65)56(64)54(50-61)68-59)60-55(63)49-47-45-43-41-39-37-35-33-31-24-22-20-18-16-14-12-10-8-6-4-2/h52-54,56-59,61-62,64-66H,3-51H2,1-2H3,(H,60,63). The molecule has 6 N–H and O–H groups in total. The predicted octanol–water partition coefficient (Wildman–Crippen LogP) is 15.0. The topological polar surface area (TPSA) is 149 Å². The number of amides is 1. The second kappa shape index (κ2) is 49.8. The first-order valence-corrected chi connectivity index (χ1v) is 30.2. The van der Waals surface area contributed by atoms with Crippen molar-refractivity contribution in [1.82, 2.24) is 5.32 Å². The number of hydrogen-bond donors (Lipinski definition) is 6. The fraction of sp³-hybridized carbons (Fsp3) is 0.983. The largest absolute Gasteiger partial charge is 0.394 e. The lowest BCUT2D eigenvalue weighted by Gasteiger charge is -2.40. The molecule has 7 unspecified atom stereocenters. The van der Waals surface area contributed by atoms with E-state index in [4.69, 9.17) is 9.47 Å². The first-order chi connectivity index (χ1) is 33.3. The first kappa shape index (κ1) is 65.2. The molecule has 0 spiro atoms. The van der Waals surface area contributed by atoms with Gasteiger partial charge in [-0.1, -0.05) is 296 Å². The Morgan fingerprint density at radius 1 is 0.441 bits per heavy atom. The Balaban J connectivity index is 2.17. The molecule has 0 aromatic carbocycles. The molecule has 68 heavy (non-hydrogen) atoms. The van der Waals surface area contributed by atoms with Crippen LogP contribution < -0.4 is 5.32 Å². The highest BCUT2D eigenvalue weighted by Gasteiger charge is 2.44. The van der Waals surface area contributed by atoms with Gasteiger partial charge in [0.05, 0.1) is 25.4 Å². The summed E-state index contributed by atoms with van der Waals surface area (Å²) < 4.78 is 11.3. The molecule has 1 heterocycles. The van der Waals surface area contributed by atoms with Gasteiger partial charge in [-0.2, -0.15) is 0 Å². The fourth-order valence-electron chi connectivity index (χ4n) is 10.2. The monoisotopic (exact) mass is 968 g/mol. The summed E-state index contributed by atoms with van der Waals surface area (Å²) in [5, 5.41) is 54.7. The van der Waals surface area contributed by atoms with Gasteiger partial charge in [0, 0.05) is 6.42 Å². The van der Waals surface area contributed by atoms with E-state index in [1.54, 1.807) is 0 Å². The normalized spacial score (nSPS) is 19.4. The molecule has 0 bridgehead atoms. The van der Waals surface area contributed by atoms with Crippen LogP contribution in [0.2, 0.25) is 0 Å². The number of carbonyl (C=O) groups is 1. The van der Waals surface area contributed by atoms with E-state index in [2.05, 4.69) is 19.2 Å². The molecule has 0 radical (unpaired) electrons. The highest BCUT2D eigenvalue weighted by atomic mass is 16.7. The van der Waals surface area contributed by atoms with E-state index in [1.165, 1.54) is 250 Å². The molecule has 1 aliphatic heterocycles. The molecule has 406 valence electrons. The van der Waals surface area contributed by atoms with Crippen molar-refractivity contribution in [3.8, 4) is 0 Å². The zero-order valence-electron chi connectivity index (χ0n) is 45.2. The van der Waals surface area contributed by atoms with Gasteiger partial charge in [0.15, 0.2) is 6.29 Å². The van der Waals surface area contributed by atoms with E-state index >= 15 is 0 Å². The Hall–Kier alpha value is -0.810. The molecule has 9 nitrogen and oxygen atoms in total. The van der Waals surface area contributed by atoms with E-state index in [1.807, 2.05) is 0 Å². The number of hydrogen-bond acceptors (Lipinski definition) is 8. The molecule has 1 saturated heterocycles. The zero-order valence-corrected chi connectivity index (χ0v) is 45.2. The Morgan fingerprint density at radius 2 is 0.735 bits per heavy atom. The number of nitrogens with one attached hydrogen (secondary N) is 1. The number of unbranched alkanes of at least 4 members (excludes halogenated alkanes) is 43. The SMILES string of the molecule is CCCCCCCCCCCCCCCCCCCCCCCCCCCC(O)C(COC1OC(CO)C(O)C(O)C1O)NC(=O)CCCCCCCCCCCCCCCCCCCCCC. The van der Waals surface area contributed by atoms with Crippen molar-refractivity contribution in [2.45, 2.75) is 358 Å². The van der Waals surface area contributed by atoms with Crippen molar-refractivity contribution in [3.05, 3.63) is 0 Å². The fourth-order valence-corrected chi connectivity index (χ4v) is 10.2. The maximum atomic E-state index is 13.1. The van der Waals surface area contributed by atoms with Crippen molar-refractivity contribution in [3.63, 3.8) is 0 Å². The van der Waals surface area contributed by atoms with Crippen LogP contribution >= 0.6 is 0 Å². The summed E-state index contributed by atoms with van der Waals surface area (Å²) in [6.07, 6.45) is 52.8. The molecule has 0 saturated carbocycles. The van der Waals surface area contributed by atoms with E-state index in [-0.39, 0.29) is 12.5 Å². The van der Waals surface area contributed by atoms with Crippen LogP contribution in [0.25, 0.3) is 0 Å². The van der Waals surface area contributed by atoms with Crippen molar-refractivity contribution in [2.75, 3.05) is 13.2 Å². The third-order valence-electron chi connectivity index (χ3n) is 15.0. The minimum absolute atomic E-state index is 0.131. The lowest BCUT2D eigenvalue weighted by molar-refractivity contribution is -0.302. The van der Waals surface area contributed by atoms with Gasteiger partial charge in [0.25, 0.3) is 0 Å². The minimum atomic E-state index is -1.55. The Morgan fingerprint density at radius 3 is 1.04 bits per heavy atom. The number of aliphatic hydroxyl groups excluding tert-OH is 5. The molecule has 1 aliphatic rings. The molecular weight excluding hydrogens is 851 g/mol. The van der Waals surface area contributed by atoms with Gasteiger partial charge >= 0.3 is 0 Å². The Kier molecular flexibility index (Phi) is 47.7. The van der Waals surface area contributed by atoms with Crippen molar-refractivity contribution < 1.29 is 39.8 Å². The van der Waals surface area contributed by atoms with E-state index in [9.17, 15) is 30.3 Å². The van der Waals surface area contributed by atoms with Gasteiger partial charge in [0.1, 0.15) is 24.4 Å². The molecular formula is C59H117NO8. The average Bonchev–Trinajstić information content (AvgIpc) is 3.34. The van der Waals surface area contributed by atoms with Gasteiger partial charge in [0.2, 0.25) is 5.91 Å². The summed E-state index contributed by atoms with van der Waals surface area (Å²) >= 11 is 0. The van der Waals surface area contributed by atoms with Crippen LogP contribution in [0.5, 0.6) is 0 Å². The zero-order chi connectivity index (χ0) is 49.4. The van der Waals surface area contributed by atoms with Gasteiger partial charge in [-0.05, 0) is 12.8 Å². The highest BCUT2D eigenvalue weighted by molar-refractivity contribution is 5.76. The van der Waals surface area contributed by atoms with Crippen molar-refractivity contribution in [2.24, 2.45) is 0 Å². The van der Waals surface area contributed by atoms with Crippen LogP contribution in [0.4, 0.5) is 0 Å². The van der Waals surface area contributed by atoms with Crippen LogP contribution in [-0.2, 0) is 14.3 Å². The highest BCUT2D eigenvalue weighted by Crippen LogP contribution is 2.24. The summed E-state index contributed by atoms with van der Waals surface area (Å²) in [6, 6.07) is -0.714. The minimum Gasteiger partial charge on any atom is -0.394 e. The summed E-state index contributed by atoms with van der Waals surface area (Å²) in [7, 11) is 0. The van der Waals surface area contributed by atoms with Crippen molar-refractivity contribution >= 4 is 5.91 Å². The van der Waals surface area contributed by atoms with Crippen LogP contribution in [0, 0.1) is 0 Å². The third-order valence-corrected chi connectivity index (χ3v) is 15.0. The molecule has 1 fully saturated rings. The lowest BCUT2D eigenvalue weighted by atomic mass is 9.99. The summed E-state index contributed by atoms with van der Waals surface area (Å²) in [4.78, 5) is 13.1. The summed E-state index contributed by atoms with van der Waals surface area (Å²) in [6.45, 7) is 3.89. The molecule has 9 heteroatoms. The third kappa shape index (κ3) is 38.8. The van der Waals surface area contributed by atoms with Gasteiger partial charge in [-0.3, -0.25) is 4.79 Å². The quantitative estimate of drug-likeness (QED) is 0.0330. The smallest absolute Gasteiger partial charge is 0.220 e. The van der Waals surface area contributed by atoms with E-state index < -0.39 is 49.5 Å². The number of aliphatic hydroxyl groups is 5. The van der Waals surface area contributed by atoms with E-state index in [0.29, 0.717) is 12.8 Å². The van der Waals surface area contributed by atoms with Crippen LogP contribution in [0.15, 0.2) is 0 Å². The number of rotatable bonds is 53. The second-order valence-corrected chi connectivity index (χ2v) is 21.5. The second-order valence-electron chi connectivity index (χ2n) is 21.5. The summed E-state index contributed by atoms with van der Waals surface area (Å²) in [5.41, 5.74) is 0. The lowest BCUT2D eigenvalue weighted by Crippen LogP contribution is -2.60. The van der Waals surface area contributed by atoms with Crippen LogP contribution in [0.3, 0.4) is 0 Å². The van der Waals surface area contributed by atoms with E-state index in [0.717, 1.165) is 38.5 Å². The Bertz CT molecular complexity index is 1030. The average molecular weight is 969 g/mol. The molecule has 7 atom stereocenters. The Labute approximate surface area is 421 Å². The maximum Gasteiger partial charge on any atom is 0.220 e. The van der Waals surface area contributed by atoms with Crippen LogP contribution in [-0.4, -0.2) is 87.5 Å². The number of carbonyl (C=O) groups excluding carboxylic acids is 1. The predicted molar refractivity (Wildman–Crippen MR) is 286 cm³/mol. The molecule has 1 rings (SSSR count). The number of ether oxygens (including phenoxy) is 2. The van der Waals surface area contributed by atoms with Gasteiger partial charge in [-0.25, -0.2) is 0 Å². The summed E-state index contributed by atoms with van der Waals surface area (Å²) in [5.74, 6) is -0.135. The maximum absolute atomic E-state index is 13.1. The molecule has 0 aromatic rings. The van der Waals surface area contributed by atoms with Crippen molar-refractivity contribution in [1.29, 1.82) is 0 Å². The van der Waals surface area contributed by atoms with Gasteiger partial charge in [-0.15, -0.1) is 0 Å². The van der Waals surface area contributed by atoms with Crippen LogP contribution in [0.1, 0.15) is 316 Å².